The van der Waals surface area contributed by atoms with Gasteiger partial charge < -0.3 is 4.74 Å². The summed E-state index contributed by atoms with van der Waals surface area (Å²) in [5.41, 5.74) is -0.104. The lowest BCUT2D eigenvalue weighted by Gasteiger charge is -2.33. The van der Waals surface area contributed by atoms with Crippen LogP contribution < -0.4 is 0 Å². The SMILES string of the molecule is CO/C=C/C12CCC(CC1=O)C2(C)C. The average molecular weight is 194 g/mol. The van der Waals surface area contributed by atoms with E-state index in [-0.39, 0.29) is 10.8 Å². The van der Waals surface area contributed by atoms with Gasteiger partial charge in [0.2, 0.25) is 0 Å². The van der Waals surface area contributed by atoms with Crippen molar-refractivity contribution in [1.29, 1.82) is 0 Å². The number of methoxy groups -OCH3 is 1. The van der Waals surface area contributed by atoms with Crippen LogP contribution in [0.1, 0.15) is 33.1 Å². The summed E-state index contributed by atoms with van der Waals surface area (Å²) in [6.07, 6.45) is 6.62. The summed E-state index contributed by atoms with van der Waals surface area (Å²) in [4.78, 5) is 12.0. The summed E-state index contributed by atoms with van der Waals surface area (Å²) in [5.74, 6) is 0.989. The van der Waals surface area contributed by atoms with Crippen molar-refractivity contribution in [3.63, 3.8) is 0 Å². The molecule has 2 saturated carbocycles. The molecule has 2 aliphatic rings. The third-order valence-electron chi connectivity index (χ3n) is 4.48. The molecule has 0 aromatic rings. The molecule has 2 bridgehead atoms. The molecule has 2 rings (SSSR count). The highest BCUT2D eigenvalue weighted by Gasteiger charge is 2.62. The quantitative estimate of drug-likeness (QED) is 0.631. The topological polar surface area (TPSA) is 26.3 Å². The first kappa shape index (κ1) is 9.75. The second-order valence-corrected chi connectivity index (χ2v) is 5.09. The lowest BCUT2D eigenvalue weighted by atomic mass is 9.69. The monoisotopic (exact) mass is 194 g/mol. The molecule has 2 nitrogen and oxygen atoms in total. The van der Waals surface area contributed by atoms with Crippen LogP contribution in [0, 0.1) is 16.7 Å². The van der Waals surface area contributed by atoms with E-state index in [2.05, 4.69) is 13.8 Å². The van der Waals surface area contributed by atoms with Crippen LogP contribution in [0.3, 0.4) is 0 Å². The van der Waals surface area contributed by atoms with Crippen LogP contribution in [0.4, 0.5) is 0 Å². The third-order valence-corrected chi connectivity index (χ3v) is 4.48. The molecule has 14 heavy (non-hydrogen) atoms. The fourth-order valence-electron chi connectivity index (χ4n) is 3.29. The highest BCUT2D eigenvalue weighted by atomic mass is 16.5. The lowest BCUT2D eigenvalue weighted by molar-refractivity contribution is -0.126. The van der Waals surface area contributed by atoms with E-state index in [1.54, 1.807) is 13.4 Å². The van der Waals surface area contributed by atoms with Crippen molar-refractivity contribution in [2.45, 2.75) is 33.1 Å². The summed E-state index contributed by atoms with van der Waals surface area (Å²) in [6, 6.07) is 0. The van der Waals surface area contributed by atoms with Crippen molar-refractivity contribution in [2.24, 2.45) is 16.7 Å². The number of rotatable bonds is 2. The second-order valence-electron chi connectivity index (χ2n) is 5.09. The number of ketones is 1. The first-order valence-corrected chi connectivity index (χ1v) is 5.28. The molecule has 0 heterocycles. The highest BCUT2D eigenvalue weighted by molar-refractivity contribution is 5.91. The van der Waals surface area contributed by atoms with Gasteiger partial charge in [-0.25, -0.2) is 0 Å². The van der Waals surface area contributed by atoms with Crippen molar-refractivity contribution in [3.05, 3.63) is 12.3 Å². The molecule has 2 unspecified atom stereocenters. The Hall–Kier alpha value is -0.790. The van der Waals surface area contributed by atoms with Crippen LogP contribution in [0.25, 0.3) is 0 Å². The van der Waals surface area contributed by atoms with Gasteiger partial charge in [0.1, 0.15) is 5.78 Å². The zero-order valence-electron chi connectivity index (χ0n) is 9.17. The molecule has 0 spiro atoms. The largest absolute Gasteiger partial charge is 0.505 e. The minimum atomic E-state index is -0.228. The van der Waals surface area contributed by atoms with Gasteiger partial charge in [0.05, 0.1) is 18.8 Å². The molecule has 0 N–H and O–H groups in total. The van der Waals surface area contributed by atoms with Gasteiger partial charge in [-0.2, -0.15) is 0 Å². The molecule has 0 aromatic carbocycles. The Kier molecular flexibility index (Phi) is 1.98. The summed E-state index contributed by atoms with van der Waals surface area (Å²) in [6.45, 7) is 4.44. The van der Waals surface area contributed by atoms with Gasteiger partial charge in [-0.15, -0.1) is 0 Å². The fraction of sp³-hybridized carbons (Fsp3) is 0.750. The molecule has 0 saturated heterocycles. The van der Waals surface area contributed by atoms with E-state index < -0.39 is 0 Å². The first-order valence-electron chi connectivity index (χ1n) is 5.28. The van der Waals surface area contributed by atoms with E-state index in [0.29, 0.717) is 11.7 Å². The lowest BCUT2D eigenvalue weighted by Crippen LogP contribution is -2.33. The molecule has 0 aliphatic heterocycles. The Morgan fingerprint density at radius 3 is 2.64 bits per heavy atom. The molecular formula is C12H18O2. The highest BCUT2D eigenvalue weighted by Crippen LogP contribution is 2.64. The number of carbonyl (C=O) groups is 1. The van der Waals surface area contributed by atoms with Crippen LogP contribution >= 0.6 is 0 Å². The number of hydrogen-bond acceptors (Lipinski definition) is 2. The predicted octanol–water partition coefficient (Wildman–Crippen LogP) is 2.54. The van der Waals surface area contributed by atoms with Crippen molar-refractivity contribution in [2.75, 3.05) is 7.11 Å². The molecule has 0 radical (unpaired) electrons. The van der Waals surface area contributed by atoms with Gasteiger partial charge in [-0.05, 0) is 30.3 Å². The van der Waals surface area contributed by atoms with Crippen molar-refractivity contribution in [1.82, 2.24) is 0 Å². The van der Waals surface area contributed by atoms with Gasteiger partial charge in [-0.1, -0.05) is 13.8 Å². The van der Waals surface area contributed by atoms with E-state index in [9.17, 15) is 4.79 Å². The zero-order valence-corrected chi connectivity index (χ0v) is 9.17. The molecule has 78 valence electrons. The summed E-state index contributed by atoms with van der Waals surface area (Å²) in [5, 5.41) is 0. The second kappa shape index (κ2) is 2.85. The van der Waals surface area contributed by atoms with E-state index in [0.717, 1.165) is 12.8 Å². The van der Waals surface area contributed by atoms with Gasteiger partial charge in [0.25, 0.3) is 0 Å². The summed E-state index contributed by atoms with van der Waals surface area (Å²) >= 11 is 0. The maximum Gasteiger partial charge on any atom is 0.143 e. The van der Waals surface area contributed by atoms with Gasteiger partial charge in [0.15, 0.2) is 0 Å². The standard InChI is InChI=1S/C12H18O2/c1-11(2)9-4-5-12(11,6-7-14-3)10(13)8-9/h6-7,9H,4-5,8H2,1-3H3/b7-6+. The molecule has 2 aliphatic carbocycles. The molecule has 0 amide bonds. The summed E-state index contributed by atoms with van der Waals surface area (Å²) < 4.78 is 4.96. The molecule has 2 atom stereocenters. The minimum absolute atomic E-state index is 0.124. The van der Waals surface area contributed by atoms with E-state index >= 15 is 0 Å². The van der Waals surface area contributed by atoms with Crippen LogP contribution in [-0.2, 0) is 9.53 Å². The van der Waals surface area contributed by atoms with E-state index in [1.165, 1.54) is 6.42 Å². The molecule has 0 aromatic heterocycles. The Morgan fingerprint density at radius 1 is 1.50 bits per heavy atom. The van der Waals surface area contributed by atoms with E-state index in [1.807, 2.05) is 6.08 Å². The first-order chi connectivity index (χ1) is 6.54. The summed E-state index contributed by atoms with van der Waals surface area (Å²) in [7, 11) is 1.63. The molecule has 2 fully saturated rings. The van der Waals surface area contributed by atoms with Crippen molar-refractivity contribution in [3.8, 4) is 0 Å². The van der Waals surface area contributed by atoms with Gasteiger partial charge in [-0.3, -0.25) is 4.79 Å². The van der Waals surface area contributed by atoms with Crippen LogP contribution in [0.15, 0.2) is 12.3 Å². The maximum atomic E-state index is 12.0. The third kappa shape index (κ3) is 0.943. The van der Waals surface area contributed by atoms with Crippen molar-refractivity contribution < 1.29 is 9.53 Å². The predicted molar refractivity (Wildman–Crippen MR) is 54.7 cm³/mol. The number of ether oxygens (including phenoxy) is 1. The number of fused-ring (bicyclic) bond motifs is 2. The van der Waals surface area contributed by atoms with Gasteiger partial charge >= 0.3 is 0 Å². The zero-order chi connectivity index (χ0) is 10.4. The maximum absolute atomic E-state index is 12.0. The number of allylic oxidation sites excluding steroid dienone is 1. The van der Waals surface area contributed by atoms with Crippen LogP contribution in [0.5, 0.6) is 0 Å². The number of hydrogen-bond donors (Lipinski definition) is 0. The number of carbonyl (C=O) groups excluding carboxylic acids is 1. The Morgan fingerprint density at radius 2 is 2.21 bits per heavy atom. The average Bonchev–Trinajstić information content (AvgIpc) is 2.48. The van der Waals surface area contributed by atoms with Crippen LogP contribution in [0.2, 0.25) is 0 Å². The Labute approximate surface area is 85.3 Å². The smallest absolute Gasteiger partial charge is 0.143 e. The normalized spacial score (nSPS) is 39.6. The fourth-order valence-corrected chi connectivity index (χ4v) is 3.29. The van der Waals surface area contributed by atoms with Crippen LogP contribution in [-0.4, -0.2) is 12.9 Å². The van der Waals surface area contributed by atoms with Gasteiger partial charge in [0, 0.05) is 6.42 Å². The Bertz CT molecular complexity index is 291. The van der Waals surface area contributed by atoms with E-state index in [4.69, 9.17) is 4.74 Å². The molecule has 2 heteroatoms. The minimum Gasteiger partial charge on any atom is -0.505 e. The van der Waals surface area contributed by atoms with Crippen molar-refractivity contribution >= 4 is 5.78 Å². The Balaban J connectivity index is 2.39. The number of Topliss-reactive ketones (excluding diaryl/α,β-unsaturated/α-hetero) is 1. The molecular weight excluding hydrogens is 176 g/mol.